The Hall–Kier alpha value is -2.95. The molecule has 3 rings (SSSR count). The van der Waals surface area contributed by atoms with Crippen molar-refractivity contribution in [2.75, 3.05) is 7.11 Å². The Morgan fingerprint density at radius 3 is 2.04 bits per heavy atom. The number of ether oxygens (including phenoxy) is 1. The summed E-state index contributed by atoms with van der Waals surface area (Å²) in [6.45, 7) is 1.96. The second kappa shape index (κ2) is 6.28. The fourth-order valence-corrected chi connectivity index (χ4v) is 2.85. The molecule has 1 heterocycles. The van der Waals surface area contributed by atoms with Gasteiger partial charge in [-0.2, -0.15) is 0 Å². The molecule has 0 aromatic heterocycles. The summed E-state index contributed by atoms with van der Waals surface area (Å²) >= 11 is 0. The highest BCUT2D eigenvalue weighted by molar-refractivity contribution is 6.22. The molecule has 1 unspecified atom stereocenters. The maximum absolute atomic E-state index is 12.6. The zero-order valence-corrected chi connectivity index (χ0v) is 13.5. The van der Waals surface area contributed by atoms with Crippen LogP contribution < -0.4 is 0 Å². The summed E-state index contributed by atoms with van der Waals surface area (Å²) in [4.78, 5) is 38.5. The predicted molar refractivity (Wildman–Crippen MR) is 87.6 cm³/mol. The molecule has 0 aliphatic carbocycles. The van der Waals surface area contributed by atoms with E-state index in [4.69, 9.17) is 4.74 Å². The van der Waals surface area contributed by atoms with E-state index in [1.54, 1.807) is 24.3 Å². The van der Waals surface area contributed by atoms with Crippen LogP contribution in [-0.2, 0) is 16.0 Å². The lowest BCUT2D eigenvalue weighted by atomic mass is 10.0. The standard InChI is InChI=1S/C19H17NO4/c1-12-7-9-13(10-8-12)11-16(19(23)24-2)20-17(21)14-5-3-4-6-15(14)18(20)22/h3-10,16H,11H2,1-2H3. The van der Waals surface area contributed by atoms with Crippen LogP contribution >= 0.6 is 0 Å². The quantitative estimate of drug-likeness (QED) is 0.640. The Labute approximate surface area is 139 Å². The van der Waals surface area contributed by atoms with E-state index in [2.05, 4.69) is 0 Å². The zero-order chi connectivity index (χ0) is 17.3. The minimum Gasteiger partial charge on any atom is -0.467 e. The summed E-state index contributed by atoms with van der Waals surface area (Å²) in [5.74, 6) is -1.53. The van der Waals surface area contributed by atoms with E-state index in [1.807, 2.05) is 31.2 Å². The Morgan fingerprint density at radius 1 is 1.00 bits per heavy atom. The molecule has 0 fully saturated rings. The average Bonchev–Trinajstić information content (AvgIpc) is 2.85. The fourth-order valence-electron chi connectivity index (χ4n) is 2.85. The van der Waals surface area contributed by atoms with Gasteiger partial charge in [-0.1, -0.05) is 42.0 Å². The van der Waals surface area contributed by atoms with Crippen LogP contribution in [0, 0.1) is 6.92 Å². The van der Waals surface area contributed by atoms with Crippen LogP contribution in [0.15, 0.2) is 48.5 Å². The Bertz CT molecular complexity index is 775. The Morgan fingerprint density at radius 2 is 1.54 bits per heavy atom. The number of benzene rings is 2. The van der Waals surface area contributed by atoms with Gasteiger partial charge in [-0.15, -0.1) is 0 Å². The third-order valence-corrected chi connectivity index (χ3v) is 4.16. The smallest absolute Gasteiger partial charge is 0.329 e. The number of methoxy groups -OCH3 is 1. The molecule has 24 heavy (non-hydrogen) atoms. The van der Waals surface area contributed by atoms with E-state index in [0.29, 0.717) is 11.1 Å². The molecule has 2 aromatic carbocycles. The van der Waals surface area contributed by atoms with Crippen molar-refractivity contribution in [2.45, 2.75) is 19.4 Å². The number of esters is 1. The lowest BCUT2D eigenvalue weighted by Crippen LogP contribution is -2.46. The molecule has 1 atom stereocenters. The monoisotopic (exact) mass is 323 g/mol. The molecular formula is C19H17NO4. The Kier molecular flexibility index (Phi) is 4.16. The van der Waals surface area contributed by atoms with Gasteiger partial charge in [0, 0.05) is 6.42 Å². The van der Waals surface area contributed by atoms with Gasteiger partial charge in [0.1, 0.15) is 6.04 Å². The van der Waals surface area contributed by atoms with Crippen molar-refractivity contribution in [3.63, 3.8) is 0 Å². The third-order valence-electron chi connectivity index (χ3n) is 4.16. The van der Waals surface area contributed by atoms with Crippen LogP contribution in [0.3, 0.4) is 0 Å². The van der Waals surface area contributed by atoms with Gasteiger partial charge in [-0.3, -0.25) is 14.5 Å². The van der Waals surface area contributed by atoms with E-state index < -0.39 is 23.8 Å². The fraction of sp³-hybridized carbons (Fsp3) is 0.211. The lowest BCUT2D eigenvalue weighted by Gasteiger charge is -2.24. The number of aryl methyl sites for hydroxylation is 1. The first-order valence-corrected chi connectivity index (χ1v) is 7.63. The SMILES string of the molecule is COC(=O)C(Cc1ccc(C)cc1)N1C(=O)c2ccccc2C1=O. The van der Waals surface area contributed by atoms with Crippen molar-refractivity contribution in [2.24, 2.45) is 0 Å². The molecule has 5 heteroatoms. The number of nitrogens with zero attached hydrogens (tertiary/aromatic N) is 1. The van der Waals surface area contributed by atoms with Crippen LogP contribution in [0.1, 0.15) is 31.8 Å². The molecule has 2 aromatic rings. The highest BCUT2D eigenvalue weighted by Gasteiger charge is 2.43. The van der Waals surface area contributed by atoms with Gasteiger partial charge < -0.3 is 4.74 Å². The second-order valence-electron chi connectivity index (χ2n) is 5.75. The highest BCUT2D eigenvalue weighted by Crippen LogP contribution is 2.26. The number of hydrogen-bond acceptors (Lipinski definition) is 4. The molecule has 1 aliphatic rings. The maximum atomic E-state index is 12.6. The molecule has 0 saturated heterocycles. The van der Waals surface area contributed by atoms with Crippen LogP contribution in [0.25, 0.3) is 0 Å². The zero-order valence-electron chi connectivity index (χ0n) is 13.5. The molecule has 122 valence electrons. The van der Waals surface area contributed by atoms with Crippen LogP contribution in [0.2, 0.25) is 0 Å². The average molecular weight is 323 g/mol. The lowest BCUT2D eigenvalue weighted by molar-refractivity contribution is -0.145. The summed E-state index contributed by atoms with van der Waals surface area (Å²) in [7, 11) is 1.25. The number of fused-ring (bicyclic) bond motifs is 1. The predicted octanol–water partition coefficient (Wildman–Crippen LogP) is 2.38. The van der Waals surface area contributed by atoms with E-state index in [1.165, 1.54) is 7.11 Å². The van der Waals surface area contributed by atoms with E-state index in [9.17, 15) is 14.4 Å². The molecule has 1 aliphatic heterocycles. The van der Waals surface area contributed by atoms with Gasteiger partial charge in [0.15, 0.2) is 0 Å². The summed E-state index contributed by atoms with van der Waals surface area (Å²) in [6, 6.07) is 13.2. The third kappa shape index (κ3) is 2.69. The van der Waals surface area contributed by atoms with Gasteiger partial charge in [0.2, 0.25) is 0 Å². The summed E-state index contributed by atoms with van der Waals surface area (Å²) in [5.41, 5.74) is 2.59. The first kappa shape index (κ1) is 15.9. The summed E-state index contributed by atoms with van der Waals surface area (Å²) in [5, 5.41) is 0. The van der Waals surface area contributed by atoms with Crippen molar-refractivity contribution < 1.29 is 19.1 Å². The molecular weight excluding hydrogens is 306 g/mol. The van der Waals surface area contributed by atoms with Gasteiger partial charge in [-0.05, 0) is 24.6 Å². The number of carbonyl (C=O) groups excluding carboxylic acids is 3. The molecule has 0 bridgehead atoms. The van der Waals surface area contributed by atoms with Crippen molar-refractivity contribution >= 4 is 17.8 Å². The van der Waals surface area contributed by atoms with Gasteiger partial charge in [0.05, 0.1) is 18.2 Å². The number of amides is 2. The van der Waals surface area contributed by atoms with E-state index >= 15 is 0 Å². The normalized spacial score (nSPS) is 14.5. The minimum absolute atomic E-state index is 0.221. The molecule has 2 amide bonds. The number of rotatable bonds is 4. The van der Waals surface area contributed by atoms with Gasteiger partial charge in [-0.25, -0.2) is 4.79 Å². The van der Waals surface area contributed by atoms with Gasteiger partial charge >= 0.3 is 5.97 Å². The van der Waals surface area contributed by atoms with Crippen molar-refractivity contribution in [1.82, 2.24) is 4.90 Å². The number of imide groups is 1. The molecule has 0 radical (unpaired) electrons. The van der Waals surface area contributed by atoms with E-state index in [0.717, 1.165) is 16.0 Å². The number of carbonyl (C=O) groups is 3. The molecule has 0 spiro atoms. The largest absolute Gasteiger partial charge is 0.467 e. The van der Waals surface area contributed by atoms with Crippen molar-refractivity contribution in [3.8, 4) is 0 Å². The number of hydrogen-bond donors (Lipinski definition) is 0. The highest BCUT2D eigenvalue weighted by atomic mass is 16.5. The van der Waals surface area contributed by atoms with E-state index in [-0.39, 0.29) is 6.42 Å². The second-order valence-corrected chi connectivity index (χ2v) is 5.75. The molecule has 0 N–H and O–H groups in total. The van der Waals surface area contributed by atoms with Crippen LogP contribution in [0.4, 0.5) is 0 Å². The molecule has 0 saturated carbocycles. The van der Waals surface area contributed by atoms with Gasteiger partial charge in [0.25, 0.3) is 11.8 Å². The van der Waals surface area contributed by atoms with Crippen LogP contribution in [0.5, 0.6) is 0 Å². The van der Waals surface area contributed by atoms with Crippen LogP contribution in [-0.4, -0.2) is 35.8 Å². The topological polar surface area (TPSA) is 63.7 Å². The maximum Gasteiger partial charge on any atom is 0.329 e. The summed E-state index contributed by atoms with van der Waals surface area (Å²) in [6.07, 6.45) is 0.221. The minimum atomic E-state index is -0.981. The van der Waals surface area contributed by atoms with Crippen molar-refractivity contribution in [3.05, 3.63) is 70.8 Å². The Balaban J connectivity index is 1.95. The first-order valence-electron chi connectivity index (χ1n) is 7.63. The first-order chi connectivity index (χ1) is 11.5. The molecule has 5 nitrogen and oxygen atoms in total. The van der Waals surface area contributed by atoms with Crippen molar-refractivity contribution in [1.29, 1.82) is 0 Å². The summed E-state index contributed by atoms with van der Waals surface area (Å²) < 4.78 is 4.83.